The topological polar surface area (TPSA) is 70.6 Å². The van der Waals surface area contributed by atoms with Gasteiger partial charge in [0.2, 0.25) is 5.91 Å². The minimum absolute atomic E-state index is 0.0536. The average molecular weight is 328 g/mol. The van der Waals surface area contributed by atoms with Crippen molar-refractivity contribution in [2.45, 2.75) is 0 Å². The molecule has 0 radical (unpaired) electrons. The quantitative estimate of drug-likeness (QED) is 0.457. The van der Waals surface area contributed by atoms with Crippen LogP contribution >= 0.6 is 12.2 Å². The Labute approximate surface area is 139 Å². The van der Waals surface area contributed by atoms with Gasteiger partial charge in [0.15, 0.2) is 5.11 Å². The first-order chi connectivity index (χ1) is 11.1. The number of carbonyl (C=O) groups is 1. The van der Waals surface area contributed by atoms with Crippen molar-refractivity contribution >= 4 is 35.0 Å². The van der Waals surface area contributed by atoms with Gasteiger partial charge in [-0.2, -0.15) is 0 Å². The van der Waals surface area contributed by atoms with E-state index in [9.17, 15) is 9.90 Å². The molecule has 0 aliphatic heterocycles. The number of hydrogen-bond acceptors (Lipinski definition) is 4. The highest BCUT2D eigenvalue weighted by atomic mass is 32.1. The molecule has 2 aromatic rings. The lowest BCUT2D eigenvalue weighted by atomic mass is 10.2. The van der Waals surface area contributed by atoms with Gasteiger partial charge in [0.05, 0.1) is 12.8 Å². The highest BCUT2D eigenvalue weighted by molar-refractivity contribution is 7.80. The number of benzene rings is 2. The second-order valence-electron chi connectivity index (χ2n) is 4.57. The van der Waals surface area contributed by atoms with Crippen LogP contribution in [0.5, 0.6) is 11.5 Å². The van der Waals surface area contributed by atoms with Gasteiger partial charge in [-0.1, -0.05) is 24.3 Å². The number of rotatable bonds is 4. The highest BCUT2D eigenvalue weighted by Gasteiger charge is 2.04. The zero-order valence-electron chi connectivity index (χ0n) is 12.4. The number of phenols is 1. The summed E-state index contributed by atoms with van der Waals surface area (Å²) in [5.74, 6) is 0.436. The molecular weight excluding hydrogens is 312 g/mol. The Hall–Kier alpha value is -2.86. The van der Waals surface area contributed by atoms with Crippen LogP contribution in [0.3, 0.4) is 0 Å². The van der Waals surface area contributed by atoms with Crippen molar-refractivity contribution in [1.82, 2.24) is 5.32 Å². The molecule has 3 N–H and O–H groups in total. The van der Waals surface area contributed by atoms with Gasteiger partial charge in [0.25, 0.3) is 0 Å². The smallest absolute Gasteiger partial charge is 0.250 e. The monoisotopic (exact) mass is 328 g/mol. The first kappa shape index (κ1) is 16.5. The number of ether oxygens (including phenoxy) is 1. The second-order valence-corrected chi connectivity index (χ2v) is 4.98. The van der Waals surface area contributed by atoms with Crippen molar-refractivity contribution in [1.29, 1.82) is 0 Å². The number of nitrogens with one attached hydrogen (secondary N) is 2. The molecule has 0 saturated heterocycles. The van der Waals surface area contributed by atoms with E-state index in [4.69, 9.17) is 17.0 Å². The lowest BCUT2D eigenvalue weighted by molar-refractivity contribution is -0.115. The van der Waals surface area contributed by atoms with Gasteiger partial charge in [-0.25, -0.2) is 0 Å². The summed E-state index contributed by atoms with van der Waals surface area (Å²) >= 11 is 5.03. The Morgan fingerprint density at radius 1 is 1.17 bits per heavy atom. The third kappa shape index (κ3) is 5.12. The van der Waals surface area contributed by atoms with E-state index in [2.05, 4.69) is 10.6 Å². The molecule has 1 amide bonds. The van der Waals surface area contributed by atoms with Crippen molar-refractivity contribution in [3.63, 3.8) is 0 Å². The standard InChI is InChI=1S/C17H16N2O3S/c1-22-13-9-6-12(7-10-13)8-11-16(21)19-17(23)18-14-4-2-3-5-15(14)20/h2-11,20H,1H3,(H2,18,19,21,23). The molecule has 0 spiro atoms. The SMILES string of the molecule is COc1ccc(C=CC(=O)NC(=S)Nc2ccccc2O)cc1. The van der Waals surface area contributed by atoms with Gasteiger partial charge in [0, 0.05) is 6.08 Å². The molecule has 118 valence electrons. The number of hydrogen-bond donors (Lipinski definition) is 3. The van der Waals surface area contributed by atoms with E-state index in [0.29, 0.717) is 5.69 Å². The molecule has 2 rings (SSSR count). The van der Waals surface area contributed by atoms with E-state index in [0.717, 1.165) is 11.3 Å². The van der Waals surface area contributed by atoms with E-state index in [1.165, 1.54) is 12.1 Å². The van der Waals surface area contributed by atoms with Crippen molar-refractivity contribution < 1.29 is 14.6 Å². The third-order valence-electron chi connectivity index (χ3n) is 2.93. The average Bonchev–Trinajstić information content (AvgIpc) is 2.55. The Kier molecular flexibility index (Phi) is 5.71. The Morgan fingerprint density at radius 2 is 1.87 bits per heavy atom. The van der Waals surface area contributed by atoms with Crippen molar-refractivity contribution in [2.75, 3.05) is 12.4 Å². The van der Waals surface area contributed by atoms with Crippen LogP contribution in [0.4, 0.5) is 5.69 Å². The molecule has 0 aromatic heterocycles. The van der Waals surface area contributed by atoms with Crippen LogP contribution in [0, 0.1) is 0 Å². The molecule has 0 aliphatic carbocycles. The van der Waals surface area contributed by atoms with Crippen LogP contribution in [0.1, 0.15) is 5.56 Å². The molecule has 0 fully saturated rings. The molecule has 0 saturated carbocycles. The third-order valence-corrected chi connectivity index (χ3v) is 3.14. The first-order valence-electron chi connectivity index (χ1n) is 6.80. The fraction of sp³-hybridized carbons (Fsp3) is 0.0588. The van der Waals surface area contributed by atoms with Crippen LogP contribution in [-0.2, 0) is 4.79 Å². The molecule has 6 heteroatoms. The minimum Gasteiger partial charge on any atom is -0.506 e. The molecule has 0 heterocycles. The van der Waals surface area contributed by atoms with E-state index < -0.39 is 0 Å². The minimum atomic E-state index is -0.367. The van der Waals surface area contributed by atoms with Gasteiger partial charge in [-0.15, -0.1) is 0 Å². The van der Waals surface area contributed by atoms with Crippen molar-refractivity contribution in [3.05, 3.63) is 60.2 Å². The van der Waals surface area contributed by atoms with E-state index in [-0.39, 0.29) is 16.8 Å². The highest BCUT2D eigenvalue weighted by Crippen LogP contribution is 2.21. The molecule has 2 aromatic carbocycles. The van der Waals surface area contributed by atoms with Crippen LogP contribution in [0.2, 0.25) is 0 Å². The number of phenolic OH excluding ortho intramolecular Hbond substituents is 1. The maximum Gasteiger partial charge on any atom is 0.250 e. The molecule has 0 aliphatic rings. The number of carbonyl (C=O) groups excluding carboxylic acids is 1. The number of aromatic hydroxyl groups is 1. The number of anilines is 1. The Bertz CT molecular complexity index is 727. The van der Waals surface area contributed by atoms with Crippen LogP contribution in [0.25, 0.3) is 6.08 Å². The van der Waals surface area contributed by atoms with Gasteiger partial charge >= 0.3 is 0 Å². The summed E-state index contributed by atoms with van der Waals surface area (Å²) < 4.78 is 5.06. The summed E-state index contributed by atoms with van der Waals surface area (Å²) in [7, 11) is 1.59. The van der Waals surface area contributed by atoms with E-state index >= 15 is 0 Å². The zero-order chi connectivity index (χ0) is 16.7. The summed E-state index contributed by atoms with van der Waals surface area (Å²) in [6.45, 7) is 0. The van der Waals surface area contributed by atoms with Gasteiger partial charge < -0.3 is 15.2 Å². The normalized spacial score (nSPS) is 10.3. The predicted octanol–water partition coefficient (Wildman–Crippen LogP) is 2.93. The number of amides is 1. The molecule has 5 nitrogen and oxygen atoms in total. The largest absolute Gasteiger partial charge is 0.506 e. The fourth-order valence-corrected chi connectivity index (χ4v) is 1.98. The molecular formula is C17H16N2O3S. The van der Waals surface area contributed by atoms with Gasteiger partial charge in [-0.3, -0.25) is 10.1 Å². The predicted molar refractivity (Wildman–Crippen MR) is 94.5 cm³/mol. The van der Waals surface area contributed by atoms with Crippen LogP contribution in [-0.4, -0.2) is 23.2 Å². The Balaban J connectivity index is 1.89. The fourth-order valence-electron chi connectivity index (χ4n) is 1.77. The number of para-hydroxylation sites is 2. The first-order valence-corrected chi connectivity index (χ1v) is 7.21. The number of thiocarbonyl (C=S) groups is 1. The second kappa shape index (κ2) is 7.95. The zero-order valence-corrected chi connectivity index (χ0v) is 13.3. The van der Waals surface area contributed by atoms with Crippen molar-refractivity contribution in [3.8, 4) is 11.5 Å². The summed E-state index contributed by atoms with van der Waals surface area (Å²) in [5.41, 5.74) is 1.29. The summed E-state index contributed by atoms with van der Waals surface area (Å²) in [6, 6.07) is 13.9. The maximum atomic E-state index is 11.8. The summed E-state index contributed by atoms with van der Waals surface area (Å²) in [4.78, 5) is 11.8. The molecule has 0 unspecified atom stereocenters. The van der Waals surface area contributed by atoms with E-state index in [1.54, 1.807) is 31.4 Å². The van der Waals surface area contributed by atoms with Crippen LogP contribution in [0.15, 0.2) is 54.6 Å². The van der Waals surface area contributed by atoms with Crippen molar-refractivity contribution in [2.24, 2.45) is 0 Å². The lowest BCUT2D eigenvalue weighted by Crippen LogP contribution is -2.32. The van der Waals surface area contributed by atoms with Gasteiger partial charge in [0.1, 0.15) is 11.5 Å². The molecule has 0 atom stereocenters. The maximum absolute atomic E-state index is 11.8. The summed E-state index contributed by atoms with van der Waals surface area (Å²) in [6.07, 6.45) is 3.04. The van der Waals surface area contributed by atoms with Crippen LogP contribution < -0.4 is 15.4 Å². The lowest BCUT2D eigenvalue weighted by Gasteiger charge is -2.09. The summed E-state index contributed by atoms with van der Waals surface area (Å²) in [5, 5.41) is 15.0. The Morgan fingerprint density at radius 3 is 2.52 bits per heavy atom. The number of methoxy groups -OCH3 is 1. The molecule has 0 bridgehead atoms. The van der Waals surface area contributed by atoms with E-state index in [1.807, 2.05) is 24.3 Å². The van der Waals surface area contributed by atoms with Gasteiger partial charge in [-0.05, 0) is 48.1 Å². The molecule has 23 heavy (non-hydrogen) atoms.